The van der Waals surface area contributed by atoms with Crippen LogP contribution >= 0.6 is 0 Å². The molecule has 1 aromatic carbocycles. The Morgan fingerprint density at radius 2 is 1.75 bits per heavy atom. The highest BCUT2D eigenvalue weighted by molar-refractivity contribution is 5.37. The predicted molar refractivity (Wildman–Crippen MR) is 61.6 cm³/mol. The lowest BCUT2D eigenvalue weighted by Crippen LogP contribution is -2.20. The number of halogens is 5. The standard InChI is InChI=1S/C13H9F5N2/c14-7-1-2-11(15)8(5-7)12(19)9-6-20-4-3-10(9)13(16,17)18/h1-6,12H,19H2. The third-order valence-corrected chi connectivity index (χ3v) is 2.79. The van der Waals surface area contributed by atoms with Gasteiger partial charge in [-0.25, -0.2) is 8.78 Å². The first-order valence-corrected chi connectivity index (χ1v) is 5.52. The van der Waals surface area contributed by atoms with E-state index < -0.39 is 35.0 Å². The van der Waals surface area contributed by atoms with Crippen LogP contribution in [-0.2, 0) is 6.18 Å². The number of rotatable bonds is 2. The maximum absolute atomic E-state index is 13.6. The van der Waals surface area contributed by atoms with Crippen LogP contribution in [0, 0.1) is 11.6 Å². The molecule has 0 fully saturated rings. The van der Waals surface area contributed by atoms with E-state index in [-0.39, 0.29) is 5.56 Å². The van der Waals surface area contributed by atoms with Gasteiger partial charge in [-0.05, 0) is 24.3 Å². The second-order valence-electron chi connectivity index (χ2n) is 4.10. The smallest absolute Gasteiger partial charge is 0.320 e. The summed E-state index contributed by atoms with van der Waals surface area (Å²) in [6, 6.07) is 1.73. The second-order valence-corrected chi connectivity index (χ2v) is 4.10. The van der Waals surface area contributed by atoms with Gasteiger partial charge in [-0.2, -0.15) is 13.2 Å². The molecule has 0 saturated heterocycles. The van der Waals surface area contributed by atoms with Gasteiger partial charge in [0, 0.05) is 23.5 Å². The third-order valence-electron chi connectivity index (χ3n) is 2.79. The van der Waals surface area contributed by atoms with E-state index in [0.29, 0.717) is 0 Å². The molecule has 20 heavy (non-hydrogen) atoms. The molecule has 0 spiro atoms. The summed E-state index contributed by atoms with van der Waals surface area (Å²) in [6.07, 6.45) is -2.79. The molecular weight excluding hydrogens is 279 g/mol. The Bertz CT molecular complexity index is 624. The van der Waals surface area contributed by atoms with Gasteiger partial charge in [-0.3, -0.25) is 4.98 Å². The van der Waals surface area contributed by atoms with Crippen molar-refractivity contribution in [3.63, 3.8) is 0 Å². The molecule has 0 amide bonds. The van der Waals surface area contributed by atoms with Crippen LogP contribution in [0.4, 0.5) is 22.0 Å². The molecular formula is C13H9F5N2. The number of benzene rings is 1. The minimum atomic E-state index is -4.65. The molecule has 0 aliphatic carbocycles. The van der Waals surface area contributed by atoms with Gasteiger partial charge in [0.05, 0.1) is 11.6 Å². The average molecular weight is 288 g/mol. The van der Waals surface area contributed by atoms with Gasteiger partial charge in [0.15, 0.2) is 0 Å². The molecule has 7 heteroatoms. The number of alkyl halides is 3. The van der Waals surface area contributed by atoms with Gasteiger partial charge in [0.1, 0.15) is 11.6 Å². The van der Waals surface area contributed by atoms with E-state index in [1.165, 1.54) is 0 Å². The zero-order valence-corrected chi connectivity index (χ0v) is 9.96. The molecule has 1 unspecified atom stereocenters. The number of nitrogens with zero attached hydrogens (tertiary/aromatic N) is 1. The predicted octanol–water partition coefficient (Wildman–Crippen LogP) is 3.43. The molecule has 0 aliphatic rings. The van der Waals surface area contributed by atoms with Crippen molar-refractivity contribution in [3.05, 3.63) is 65.0 Å². The van der Waals surface area contributed by atoms with E-state index in [1.54, 1.807) is 0 Å². The Hall–Kier alpha value is -2.02. The lowest BCUT2D eigenvalue weighted by molar-refractivity contribution is -0.138. The van der Waals surface area contributed by atoms with Crippen molar-refractivity contribution in [3.8, 4) is 0 Å². The first-order chi connectivity index (χ1) is 9.30. The summed E-state index contributed by atoms with van der Waals surface area (Å²) in [5.74, 6) is -1.66. The van der Waals surface area contributed by atoms with Crippen molar-refractivity contribution < 1.29 is 22.0 Å². The Morgan fingerprint density at radius 3 is 2.40 bits per heavy atom. The Balaban J connectivity index is 2.54. The lowest BCUT2D eigenvalue weighted by atomic mass is 9.96. The number of hydrogen-bond acceptors (Lipinski definition) is 2. The number of pyridine rings is 1. The van der Waals surface area contributed by atoms with Gasteiger partial charge in [0.2, 0.25) is 0 Å². The van der Waals surface area contributed by atoms with E-state index in [4.69, 9.17) is 5.73 Å². The van der Waals surface area contributed by atoms with Crippen LogP contribution in [0.15, 0.2) is 36.7 Å². The SMILES string of the molecule is NC(c1cc(F)ccc1F)c1cnccc1C(F)(F)F. The highest BCUT2D eigenvalue weighted by Crippen LogP contribution is 2.35. The third kappa shape index (κ3) is 2.77. The second kappa shape index (κ2) is 5.16. The molecule has 2 aromatic rings. The number of nitrogens with two attached hydrogens (primary N) is 1. The maximum Gasteiger partial charge on any atom is 0.416 e. The molecule has 106 valence electrons. The summed E-state index contributed by atoms with van der Waals surface area (Å²) in [5, 5.41) is 0. The molecule has 1 atom stereocenters. The molecule has 1 heterocycles. The monoisotopic (exact) mass is 288 g/mol. The summed E-state index contributed by atoms with van der Waals surface area (Å²) in [5.41, 5.74) is 3.84. The average Bonchev–Trinajstić information content (AvgIpc) is 2.40. The van der Waals surface area contributed by atoms with E-state index in [2.05, 4.69) is 4.98 Å². The van der Waals surface area contributed by atoms with Gasteiger partial charge in [-0.1, -0.05) is 0 Å². The van der Waals surface area contributed by atoms with Gasteiger partial charge < -0.3 is 5.73 Å². The highest BCUT2D eigenvalue weighted by Gasteiger charge is 2.35. The van der Waals surface area contributed by atoms with Gasteiger partial charge in [-0.15, -0.1) is 0 Å². The zero-order valence-electron chi connectivity index (χ0n) is 9.96. The molecule has 1 aromatic heterocycles. The maximum atomic E-state index is 13.6. The lowest BCUT2D eigenvalue weighted by Gasteiger charge is -2.18. The summed E-state index contributed by atoms with van der Waals surface area (Å²) < 4.78 is 65.2. The highest BCUT2D eigenvalue weighted by atomic mass is 19.4. The van der Waals surface area contributed by atoms with Crippen LogP contribution in [0.1, 0.15) is 22.7 Å². The van der Waals surface area contributed by atoms with Gasteiger partial charge >= 0.3 is 6.18 Å². The Labute approximate surface area is 111 Å². The fraction of sp³-hybridized carbons (Fsp3) is 0.154. The van der Waals surface area contributed by atoms with Crippen molar-refractivity contribution in [2.24, 2.45) is 5.73 Å². The van der Waals surface area contributed by atoms with Crippen LogP contribution in [0.5, 0.6) is 0 Å². The van der Waals surface area contributed by atoms with Crippen molar-refractivity contribution >= 4 is 0 Å². The minimum absolute atomic E-state index is 0.358. The Morgan fingerprint density at radius 1 is 1.05 bits per heavy atom. The summed E-state index contributed by atoms with van der Waals surface area (Å²) in [4.78, 5) is 3.56. The van der Waals surface area contributed by atoms with E-state index >= 15 is 0 Å². The fourth-order valence-corrected chi connectivity index (χ4v) is 1.83. The van der Waals surface area contributed by atoms with Crippen molar-refractivity contribution in [1.29, 1.82) is 0 Å². The number of hydrogen-bond donors (Lipinski definition) is 1. The van der Waals surface area contributed by atoms with E-state index in [9.17, 15) is 22.0 Å². The molecule has 0 aliphatic heterocycles. The molecule has 0 bridgehead atoms. The summed E-state index contributed by atoms with van der Waals surface area (Å²) >= 11 is 0. The molecule has 0 saturated carbocycles. The first-order valence-electron chi connectivity index (χ1n) is 5.52. The summed E-state index contributed by atoms with van der Waals surface area (Å²) in [7, 11) is 0. The van der Waals surface area contributed by atoms with Crippen LogP contribution < -0.4 is 5.73 Å². The van der Waals surface area contributed by atoms with Crippen LogP contribution in [0.25, 0.3) is 0 Å². The van der Waals surface area contributed by atoms with Crippen LogP contribution in [-0.4, -0.2) is 4.98 Å². The van der Waals surface area contributed by atoms with Crippen molar-refractivity contribution in [2.45, 2.75) is 12.2 Å². The molecule has 2 nitrogen and oxygen atoms in total. The topological polar surface area (TPSA) is 38.9 Å². The quantitative estimate of drug-likeness (QED) is 0.860. The van der Waals surface area contributed by atoms with Crippen molar-refractivity contribution in [2.75, 3.05) is 0 Å². The zero-order chi connectivity index (χ0) is 14.9. The molecule has 2 N–H and O–H groups in total. The van der Waals surface area contributed by atoms with E-state index in [1.807, 2.05) is 0 Å². The summed E-state index contributed by atoms with van der Waals surface area (Å²) in [6.45, 7) is 0. The molecule has 0 radical (unpaired) electrons. The number of aromatic nitrogens is 1. The first kappa shape index (κ1) is 14.4. The Kier molecular flexibility index (Phi) is 3.71. The van der Waals surface area contributed by atoms with Crippen molar-refractivity contribution in [1.82, 2.24) is 4.98 Å². The van der Waals surface area contributed by atoms with Crippen LogP contribution in [0.2, 0.25) is 0 Å². The van der Waals surface area contributed by atoms with E-state index in [0.717, 1.165) is 36.7 Å². The molecule has 2 rings (SSSR count). The normalized spacial score (nSPS) is 13.3. The fourth-order valence-electron chi connectivity index (χ4n) is 1.83. The minimum Gasteiger partial charge on any atom is -0.320 e. The van der Waals surface area contributed by atoms with Gasteiger partial charge in [0.25, 0.3) is 0 Å². The largest absolute Gasteiger partial charge is 0.416 e. The van der Waals surface area contributed by atoms with Crippen LogP contribution in [0.3, 0.4) is 0 Å².